The fourth-order valence-electron chi connectivity index (χ4n) is 1.47. The van der Waals surface area contributed by atoms with Gasteiger partial charge < -0.3 is 0 Å². The van der Waals surface area contributed by atoms with E-state index in [1.54, 1.807) is 12.3 Å². The molecule has 0 saturated heterocycles. The maximum Gasteiger partial charge on any atom is 0.0976 e. The molecule has 19 heavy (non-hydrogen) atoms. The highest BCUT2D eigenvalue weighted by molar-refractivity contribution is 7.84. The first-order valence-electron chi connectivity index (χ1n) is 6.25. The summed E-state index contributed by atoms with van der Waals surface area (Å²) >= 11 is 5.99. The molecular weight excluding hydrogens is 280 g/mol. The van der Waals surface area contributed by atoms with Crippen LogP contribution in [0.5, 0.6) is 0 Å². The Morgan fingerprint density at radius 2 is 2.26 bits per heavy atom. The van der Waals surface area contributed by atoms with E-state index in [0.29, 0.717) is 5.02 Å². The van der Waals surface area contributed by atoms with Crippen LogP contribution in [0.15, 0.2) is 31.0 Å². The minimum absolute atomic E-state index is 0.0863. The van der Waals surface area contributed by atoms with E-state index in [9.17, 15) is 4.21 Å². The molecule has 0 aliphatic heterocycles. The maximum absolute atomic E-state index is 12.2. The quantitative estimate of drug-likeness (QED) is 0.812. The smallest absolute Gasteiger partial charge is 0.0976 e. The van der Waals surface area contributed by atoms with Crippen molar-refractivity contribution in [3.05, 3.63) is 41.7 Å². The van der Waals surface area contributed by atoms with Crippen LogP contribution in [-0.2, 0) is 11.0 Å². The third-order valence-corrected chi connectivity index (χ3v) is 4.41. The van der Waals surface area contributed by atoms with Crippen LogP contribution in [0, 0.1) is 0 Å². The molecule has 0 saturated carbocycles. The van der Waals surface area contributed by atoms with Crippen molar-refractivity contribution in [1.82, 2.24) is 9.71 Å². The summed E-state index contributed by atoms with van der Waals surface area (Å²) in [4.78, 5) is 4.31. The van der Waals surface area contributed by atoms with Crippen LogP contribution in [0.2, 0.25) is 5.02 Å². The van der Waals surface area contributed by atoms with E-state index in [0.717, 1.165) is 18.5 Å². The van der Waals surface area contributed by atoms with Crippen molar-refractivity contribution in [1.29, 1.82) is 0 Å². The molecule has 0 aliphatic carbocycles. The maximum atomic E-state index is 12.2. The van der Waals surface area contributed by atoms with Crippen LogP contribution in [0.4, 0.5) is 0 Å². The lowest BCUT2D eigenvalue weighted by molar-refractivity contribution is 0.565. The first-order chi connectivity index (χ1) is 8.84. The Labute approximate surface area is 123 Å². The van der Waals surface area contributed by atoms with Gasteiger partial charge in [-0.1, -0.05) is 17.7 Å². The third-order valence-electron chi connectivity index (χ3n) is 2.57. The fraction of sp³-hybridized carbons (Fsp3) is 0.500. The van der Waals surface area contributed by atoms with Crippen molar-refractivity contribution in [2.24, 2.45) is 0 Å². The topological polar surface area (TPSA) is 42.0 Å². The van der Waals surface area contributed by atoms with Crippen LogP contribution >= 0.6 is 11.6 Å². The van der Waals surface area contributed by atoms with Crippen LogP contribution in [0.1, 0.15) is 45.3 Å². The largest absolute Gasteiger partial charge is 0.259 e. The predicted molar refractivity (Wildman–Crippen MR) is 82.5 cm³/mol. The molecule has 0 bridgehead atoms. The predicted octanol–water partition coefficient (Wildman–Crippen LogP) is 3.79. The van der Waals surface area contributed by atoms with E-state index < -0.39 is 11.0 Å². The normalized spacial score (nSPS) is 14.9. The van der Waals surface area contributed by atoms with Gasteiger partial charge in [-0.3, -0.25) is 4.98 Å². The summed E-state index contributed by atoms with van der Waals surface area (Å²) in [6.07, 6.45) is 5.13. The highest BCUT2D eigenvalue weighted by Crippen LogP contribution is 2.22. The molecule has 0 amide bonds. The van der Waals surface area contributed by atoms with Crippen molar-refractivity contribution < 1.29 is 4.21 Å². The molecule has 0 fully saturated rings. The molecule has 0 aliphatic rings. The molecule has 0 spiro atoms. The summed E-state index contributed by atoms with van der Waals surface area (Å²) < 4.78 is 15.0. The van der Waals surface area contributed by atoms with Gasteiger partial charge in [0, 0.05) is 11.2 Å². The van der Waals surface area contributed by atoms with Crippen LogP contribution in [0.25, 0.3) is 0 Å². The Balaban J connectivity index is 2.89. The number of rotatable bonds is 6. The number of hydrogen-bond acceptors (Lipinski definition) is 2. The number of nitrogens with zero attached hydrogens (tertiary/aromatic N) is 1. The highest BCUT2D eigenvalue weighted by Gasteiger charge is 2.24. The summed E-state index contributed by atoms with van der Waals surface area (Å²) in [6, 6.07) is 3.45. The zero-order valence-electron chi connectivity index (χ0n) is 11.6. The molecule has 1 N–H and O–H groups in total. The molecule has 1 aromatic heterocycles. The first-order valence-corrected chi connectivity index (χ1v) is 7.77. The minimum Gasteiger partial charge on any atom is -0.259 e. The van der Waals surface area contributed by atoms with Crippen molar-refractivity contribution in [2.75, 3.05) is 0 Å². The SMILES string of the molecule is C=CCCC(NS(=O)C(C)(C)C)c1cc(Cl)ccn1. The highest BCUT2D eigenvalue weighted by atomic mass is 35.5. The second-order valence-electron chi connectivity index (χ2n) is 5.32. The van der Waals surface area contributed by atoms with Crippen molar-refractivity contribution in [3.63, 3.8) is 0 Å². The fourth-order valence-corrected chi connectivity index (χ4v) is 2.49. The molecule has 106 valence electrons. The van der Waals surface area contributed by atoms with Crippen molar-refractivity contribution in [3.8, 4) is 0 Å². The van der Waals surface area contributed by atoms with Gasteiger partial charge in [0.05, 0.1) is 27.5 Å². The van der Waals surface area contributed by atoms with Crippen molar-refractivity contribution >= 4 is 22.6 Å². The molecular formula is C14H21ClN2OS. The van der Waals surface area contributed by atoms with E-state index in [1.165, 1.54) is 0 Å². The molecule has 2 atom stereocenters. The number of hydrogen-bond donors (Lipinski definition) is 1. The van der Waals surface area contributed by atoms with Gasteiger partial charge in [0.25, 0.3) is 0 Å². The summed E-state index contributed by atoms with van der Waals surface area (Å²) in [5.74, 6) is 0. The van der Waals surface area contributed by atoms with Gasteiger partial charge >= 0.3 is 0 Å². The molecule has 0 aromatic carbocycles. The standard InChI is InChI=1S/C14H21ClN2OS/c1-5-6-7-12(17-19(18)14(2,3)4)13-10-11(15)8-9-16-13/h5,8-10,12,17H,1,6-7H2,2-4H3. The Morgan fingerprint density at radius 1 is 1.58 bits per heavy atom. The van der Waals surface area contributed by atoms with Gasteiger partial charge in [-0.05, 0) is 45.7 Å². The van der Waals surface area contributed by atoms with Crippen LogP contribution in [-0.4, -0.2) is 13.9 Å². The average Bonchev–Trinajstić information content (AvgIpc) is 2.33. The first kappa shape index (κ1) is 16.3. The Kier molecular flexibility index (Phi) is 6.17. The molecule has 0 radical (unpaired) electrons. The van der Waals surface area contributed by atoms with Crippen molar-refractivity contribution in [2.45, 2.75) is 44.4 Å². The molecule has 1 aromatic rings. The molecule has 1 rings (SSSR count). The Morgan fingerprint density at radius 3 is 2.79 bits per heavy atom. The van der Waals surface area contributed by atoms with Gasteiger partial charge in [-0.25, -0.2) is 8.93 Å². The molecule has 5 heteroatoms. The molecule has 3 nitrogen and oxygen atoms in total. The third kappa shape index (κ3) is 5.43. The number of nitrogens with one attached hydrogen (secondary N) is 1. The van der Waals surface area contributed by atoms with Gasteiger partial charge in [0.2, 0.25) is 0 Å². The second kappa shape index (κ2) is 7.17. The molecule has 1 heterocycles. The second-order valence-corrected chi connectivity index (χ2v) is 7.75. The van der Waals surface area contributed by atoms with Crippen LogP contribution in [0.3, 0.4) is 0 Å². The van der Waals surface area contributed by atoms with Gasteiger partial charge in [-0.2, -0.15) is 0 Å². The summed E-state index contributed by atoms with van der Waals surface area (Å²) in [6.45, 7) is 9.53. The number of aromatic nitrogens is 1. The van der Waals surface area contributed by atoms with E-state index in [4.69, 9.17) is 11.6 Å². The van der Waals surface area contributed by atoms with Gasteiger partial charge in [0.1, 0.15) is 0 Å². The molecule has 2 unspecified atom stereocenters. The summed E-state index contributed by atoms with van der Waals surface area (Å²) in [7, 11) is -1.15. The monoisotopic (exact) mass is 300 g/mol. The zero-order chi connectivity index (χ0) is 14.5. The Bertz CT molecular complexity index is 457. The number of pyridine rings is 1. The van der Waals surface area contributed by atoms with E-state index in [2.05, 4.69) is 16.3 Å². The summed E-state index contributed by atoms with van der Waals surface area (Å²) in [5.41, 5.74) is 0.812. The number of allylic oxidation sites excluding steroid dienone is 1. The lowest BCUT2D eigenvalue weighted by atomic mass is 10.1. The zero-order valence-corrected chi connectivity index (χ0v) is 13.2. The minimum atomic E-state index is -1.15. The summed E-state index contributed by atoms with van der Waals surface area (Å²) in [5, 5.41) is 0.636. The van der Waals surface area contributed by atoms with Crippen LogP contribution < -0.4 is 4.72 Å². The van der Waals surface area contributed by atoms with Gasteiger partial charge in [0.15, 0.2) is 0 Å². The number of halogens is 1. The van der Waals surface area contributed by atoms with E-state index in [1.807, 2.05) is 32.9 Å². The average molecular weight is 301 g/mol. The van der Waals surface area contributed by atoms with Gasteiger partial charge in [-0.15, -0.1) is 6.58 Å². The lowest BCUT2D eigenvalue weighted by Gasteiger charge is -2.23. The lowest BCUT2D eigenvalue weighted by Crippen LogP contribution is -2.36. The van der Waals surface area contributed by atoms with E-state index in [-0.39, 0.29) is 10.8 Å². The van der Waals surface area contributed by atoms with E-state index >= 15 is 0 Å². The Hall–Kier alpha value is -0.710.